The molecular formula is C36H55F6N9O7. The summed E-state index contributed by atoms with van der Waals surface area (Å²) in [6.45, 7) is 2.64. The Kier molecular flexibility index (Phi) is 19.1. The molecule has 0 aromatic carbocycles. The van der Waals surface area contributed by atoms with Gasteiger partial charge in [-0.05, 0) is 70.8 Å². The minimum absolute atomic E-state index is 0.115. The molecule has 0 radical (unpaired) electrons. The number of nitrogens with zero attached hydrogens (tertiary/aromatic N) is 6. The lowest BCUT2D eigenvalue weighted by Crippen LogP contribution is -2.49. The van der Waals surface area contributed by atoms with Crippen LogP contribution in [0.5, 0.6) is 0 Å². The predicted molar refractivity (Wildman–Crippen MR) is 199 cm³/mol. The van der Waals surface area contributed by atoms with Crippen molar-refractivity contribution < 1.29 is 60.5 Å². The number of aromatic nitrogens is 3. The first-order valence-electron chi connectivity index (χ1n) is 19.8. The number of nitrogens with one attached hydrogen (secondary N) is 2. The highest BCUT2D eigenvalue weighted by atomic mass is 19.4. The van der Waals surface area contributed by atoms with E-state index in [1.807, 2.05) is 15.5 Å². The molecule has 0 aliphatic carbocycles. The van der Waals surface area contributed by atoms with Gasteiger partial charge in [-0.15, -0.1) is 0 Å². The molecule has 3 fully saturated rings. The number of amides is 2. The van der Waals surface area contributed by atoms with Gasteiger partial charge in [0.1, 0.15) is 5.78 Å². The number of alkyl halides is 6. The maximum absolute atomic E-state index is 12.9. The molecule has 2 amide bonds. The molecule has 0 spiro atoms. The number of carbonyl (C=O) groups is 5. The van der Waals surface area contributed by atoms with Crippen LogP contribution in [-0.4, -0.2) is 125 Å². The highest BCUT2D eigenvalue weighted by molar-refractivity contribution is 5.82. The molecule has 3 aliphatic rings. The summed E-state index contributed by atoms with van der Waals surface area (Å²) in [5, 5.41) is 21.0. The van der Waals surface area contributed by atoms with Gasteiger partial charge < -0.3 is 41.3 Å². The summed E-state index contributed by atoms with van der Waals surface area (Å²) in [5.74, 6) is -4.63. The molecule has 4 heterocycles. The SMILES string of the molecule is NCCCCCC(=O)O.O=C(O)CCCCCCC(=O)C1CCN(c2nc(N3CCC(NC(=O)C(F)(F)F)CC3)nc(N3CCC(NC(=O)C(F)(F)F)CC3)n2)CC1. The van der Waals surface area contributed by atoms with Gasteiger partial charge >= 0.3 is 36.1 Å². The number of carbonyl (C=O) groups excluding carboxylic acids is 3. The lowest BCUT2D eigenvalue weighted by Gasteiger charge is -2.36. The van der Waals surface area contributed by atoms with Crippen molar-refractivity contribution in [2.75, 3.05) is 60.5 Å². The molecule has 0 bridgehead atoms. The average molecular weight is 840 g/mol. The van der Waals surface area contributed by atoms with E-state index in [4.69, 9.17) is 15.9 Å². The van der Waals surface area contributed by atoms with Crippen molar-refractivity contribution in [2.24, 2.45) is 11.7 Å². The molecule has 3 aliphatic heterocycles. The van der Waals surface area contributed by atoms with E-state index in [0.29, 0.717) is 57.7 Å². The van der Waals surface area contributed by atoms with Crippen LogP contribution in [0, 0.1) is 5.92 Å². The van der Waals surface area contributed by atoms with E-state index in [2.05, 4.69) is 15.0 Å². The molecule has 4 rings (SSSR count). The van der Waals surface area contributed by atoms with E-state index < -0.39 is 48.2 Å². The van der Waals surface area contributed by atoms with E-state index in [0.717, 1.165) is 32.1 Å². The molecule has 22 heteroatoms. The number of hydrogen-bond donors (Lipinski definition) is 5. The summed E-state index contributed by atoms with van der Waals surface area (Å²) in [7, 11) is 0. The Morgan fingerprint density at radius 1 is 0.552 bits per heavy atom. The number of nitrogens with two attached hydrogens (primary N) is 1. The third kappa shape index (κ3) is 16.8. The number of anilines is 3. The fourth-order valence-corrected chi connectivity index (χ4v) is 6.88. The van der Waals surface area contributed by atoms with Gasteiger partial charge in [-0.25, -0.2) is 0 Å². The first kappa shape index (κ1) is 47.9. The summed E-state index contributed by atoms with van der Waals surface area (Å²) in [6, 6.07) is -1.36. The van der Waals surface area contributed by atoms with Crippen molar-refractivity contribution in [1.29, 1.82) is 0 Å². The van der Waals surface area contributed by atoms with Gasteiger partial charge in [0.2, 0.25) is 17.8 Å². The van der Waals surface area contributed by atoms with Crippen molar-refractivity contribution >= 4 is 47.4 Å². The minimum Gasteiger partial charge on any atom is -0.481 e. The van der Waals surface area contributed by atoms with Crippen LogP contribution in [0.2, 0.25) is 0 Å². The van der Waals surface area contributed by atoms with Gasteiger partial charge in [0.15, 0.2) is 0 Å². The lowest BCUT2D eigenvalue weighted by molar-refractivity contribution is -0.174. The largest absolute Gasteiger partial charge is 0.481 e. The van der Waals surface area contributed by atoms with Crippen LogP contribution in [0.1, 0.15) is 103 Å². The molecule has 58 heavy (non-hydrogen) atoms. The number of aliphatic carboxylic acids is 2. The Bertz CT molecular complexity index is 1430. The van der Waals surface area contributed by atoms with Crippen LogP contribution in [-0.2, 0) is 24.0 Å². The number of Topliss-reactive ketones (excluding diaryl/α,β-unsaturated/α-hetero) is 1. The Labute approximate surface area is 332 Å². The topological polar surface area (TPSA) is 224 Å². The van der Waals surface area contributed by atoms with E-state index in [9.17, 15) is 50.3 Å². The van der Waals surface area contributed by atoms with Crippen molar-refractivity contribution in [2.45, 2.75) is 127 Å². The molecule has 1 aromatic heterocycles. The van der Waals surface area contributed by atoms with Gasteiger partial charge in [-0.1, -0.05) is 19.3 Å². The quantitative estimate of drug-likeness (QED) is 0.104. The van der Waals surface area contributed by atoms with Crippen LogP contribution in [0.15, 0.2) is 0 Å². The third-order valence-corrected chi connectivity index (χ3v) is 10.2. The number of piperidine rings is 3. The van der Waals surface area contributed by atoms with Crippen LogP contribution in [0.4, 0.5) is 44.2 Å². The molecule has 3 saturated heterocycles. The van der Waals surface area contributed by atoms with Gasteiger partial charge in [0.05, 0.1) is 0 Å². The van der Waals surface area contributed by atoms with Gasteiger partial charge in [-0.2, -0.15) is 41.3 Å². The van der Waals surface area contributed by atoms with Crippen molar-refractivity contribution in [3.8, 4) is 0 Å². The third-order valence-electron chi connectivity index (χ3n) is 10.2. The number of halogens is 6. The van der Waals surface area contributed by atoms with Gasteiger partial charge in [-0.3, -0.25) is 24.0 Å². The Morgan fingerprint density at radius 2 is 0.879 bits per heavy atom. The maximum atomic E-state index is 12.9. The molecule has 0 atom stereocenters. The predicted octanol–water partition coefficient (Wildman–Crippen LogP) is 3.97. The summed E-state index contributed by atoms with van der Waals surface area (Å²) in [4.78, 5) is 75.7. The summed E-state index contributed by atoms with van der Waals surface area (Å²) in [6.07, 6.45) is -1.69. The van der Waals surface area contributed by atoms with Crippen LogP contribution in [0.3, 0.4) is 0 Å². The molecule has 6 N–H and O–H groups in total. The van der Waals surface area contributed by atoms with E-state index in [1.165, 1.54) is 0 Å². The van der Waals surface area contributed by atoms with E-state index in [1.54, 1.807) is 9.80 Å². The number of ketones is 1. The second-order valence-electron chi connectivity index (χ2n) is 14.7. The number of hydrogen-bond acceptors (Lipinski definition) is 12. The average Bonchev–Trinajstić information content (AvgIpc) is 3.17. The maximum Gasteiger partial charge on any atom is 0.471 e. The minimum atomic E-state index is -4.99. The Hall–Kier alpha value is -4.50. The van der Waals surface area contributed by atoms with Crippen molar-refractivity contribution in [1.82, 2.24) is 25.6 Å². The highest BCUT2D eigenvalue weighted by Crippen LogP contribution is 2.29. The first-order valence-corrected chi connectivity index (χ1v) is 19.8. The Morgan fingerprint density at radius 3 is 1.21 bits per heavy atom. The first-order chi connectivity index (χ1) is 27.4. The number of unbranched alkanes of at least 4 members (excludes halogenated alkanes) is 5. The van der Waals surface area contributed by atoms with Crippen LogP contribution < -0.4 is 31.1 Å². The van der Waals surface area contributed by atoms with E-state index >= 15 is 0 Å². The smallest absolute Gasteiger partial charge is 0.471 e. The molecule has 16 nitrogen and oxygen atoms in total. The van der Waals surface area contributed by atoms with Gasteiger partial charge in [0.25, 0.3) is 0 Å². The molecular weight excluding hydrogens is 784 g/mol. The summed E-state index contributed by atoms with van der Waals surface area (Å²) >= 11 is 0. The summed E-state index contributed by atoms with van der Waals surface area (Å²) < 4.78 is 76.5. The molecule has 1 aromatic rings. The fourth-order valence-electron chi connectivity index (χ4n) is 6.88. The van der Waals surface area contributed by atoms with Crippen LogP contribution >= 0.6 is 0 Å². The number of carboxylic acid groups (broad SMARTS) is 2. The summed E-state index contributed by atoms with van der Waals surface area (Å²) in [5.41, 5.74) is 5.20. The van der Waals surface area contributed by atoms with E-state index in [-0.39, 0.29) is 88.3 Å². The zero-order valence-electron chi connectivity index (χ0n) is 32.5. The monoisotopic (exact) mass is 839 g/mol. The molecule has 0 unspecified atom stereocenters. The molecule has 328 valence electrons. The van der Waals surface area contributed by atoms with Crippen molar-refractivity contribution in [3.05, 3.63) is 0 Å². The lowest BCUT2D eigenvalue weighted by atomic mass is 9.90. The number of rotatable bonds is 18. The normalized spacial score (nSPS) is 17.3. The van der Waals surface area contributed by atoms with Crippen LogP contribution in [0.25, 0.3) is 0 Å². The number of carboxylic acids is 2. The zero-order valence-corrected chi connectivity index (χ0v) is 32.5. The highest BCUT2D eigenvalue weighted by Gasteiger charge is 2.41. The zero-order chi connectivity index (χ0) is 42.9. The van der Waals surface area contributed by atoms with Gasteiger partial charge in [0, 0.05) is 76.5 Å². The second-order valence-corrected chi connectivity index (χ2v) is 14.7. The van der Waals surface area contributed by atoms with Crippen molar-refractivity contribution in [3.63, 3.8) is 0 Å². The fraction of sp³-hybridized carbons (Fsp3) is 0.778. The second kappa shape index (κ2) is 23.2. The standard InChI is InChI=1S/C30H42F6N8O5.C6H13NO2/c31-29(32,33)24(48)37-20-9-15-43(16-10-20)27-39-26(40-28(41-27)44-17-11-21(12-18-44)38-25(49)30(34,35)36)42-13-7-19(8-14-42)22(45)5-3-1-2-4-6-23(46)47;7-5-3-1-2-4-6(8)9/h19-21H,1-18H2,(H,37,48)(H,38,49)(H,46,47);1-5,7H2,(H,8,9). The molecule has 0 saturated carbocycles. The Balaban J connectivity index is 0.000000891.